The molecular formula is C30H64O2P+. The third-order valence-electron chi connectivity index (χ3n) is 7.62. The summed E-state index contributed by atoms with van der Waals surface area (Å²) in [4.78, 5) is 0. The first kappa shape index (κ1) is 33.4. The topological polar surface area (TPSA) is 40.5 Å². The highest BCUT2D eigenvalue weighted by Gasteiger charge is 2.42. The minimum atomic E-state index is -1.31. The third-order valence-corrected chi connectivity index (χ3v) is 12.8. The highest BCUT2D eigenvalue weighted by Crippen LogP contribution is 2.65. The molecule has 3 heteroatoms. The van der Waals surface area contributed by atoms with Gasteiger partial charge in [-0.05, 0) is 51.4 Å². The molecule has 0 aliphatic rings. The summed E-state index contributed by atoms with van der Waals surface area (Å²) in [6, 6.07) is 0. The maximum absolute atomic E-state index is 11.6. The van der Waals surface area contributed by atoms with Crippen LogP contribution in [0.1, 0.15) is 162 Å². The largest absolute Gasteiger partial charge is 0.396 e. The molecule has 1 atom stereocenters. The van der Waals surface area contributed by atoms with Crippen molar-refractivity contribution < 1.29 is 10.2 Å². The Kier molecular flexibility index (Phi) is 25.7. The van der Waals surface area contributed by atoms with Crippen molar-refractivity contribution in [2.45, 2.75) is 168 Å². The molecule has 0 saturated carbocycles. The molecule has 0 amide bonds. The highest BCUT2D eigenvalue weighted by atomic mass is 31.2. The monoisotopic (exact) mass is 487 g/mol. The summed E-state index contributed by atoms with van der Waals surface area (Å²) in [5.74, 6) is -0.0434. The van der Waals surface area contributed by atoms with E-state index in [0.29, 0.717) is 6.61 Å². The van der Waals surface area contributed by atoms with Crippen LogP contribution < -0.4 is 0 Å². The SMILES string of the molecule is CCCCCCCC[P+](CCCCCCCC)(CCCCCCCC)C(O)CCCCCO. The van der Waals surface area contributed by atoms with Gasteiger partial charge in [-0.25, -0.2) is 0 Å². The molecule has 0 aromatic rings. The van der Waals surface area contributed by atoms with Crippen molar-refractivity contribution in [3.8, 4) is 0 Å². The van der Waals surface area contributed by atoms with Crippen LogP contribution in [0.4, 0.5) is 0 Å². The molecule has 1 unspecified atom stereocenters. The molecule has 200 valence electrons. The molecule has 0 rings (SSSR count). The van der Waals surface area contributed by atoms with Gasteiger partial charge in [0.15, 0.2) is 5.85 Å². The summed E-state index contributed by atoms with van der Waals surface area (Å²) in [6.45, 7) is 7.18. The first-order valence-corrected chi connectivity index (χ1v) is 17.7. The van der Waals surface area contributed by atoms with Crippen molar-refractivity contribution in [3.05, 3.63) is 0 Å². The van der Waals surface area contributed by atoms with E-state index in [9.17, 15) is 5.11 Å². The number of hydrogen-bond acceptors (Lipinski definition) is 2. The van der Waals surface area contributed by atoms with E-state index in [0.717, 1.165) is 25.7 Å². The number of aliphatic hydroxyl groups is 2. The van der Waals surface area contributed by atoms with Gasteiger partial charge < -0.3 is 10.2 Å². The molecule has 2 nitrogen and oxygen atoms in total. The molecule has 0 saturated heterocycles. The number of rotatable bonds is 27. The van der Waals surface area contributed by atoms with Crippen LogP contribution in [0.3, 0.4) is 0 Å². The zero-order chi connectivity index (χ0) is 24.5. The fourth-order valence-corrected chi connectivity index (χ4v) is 10.1. The quantitative estimate of drug-likeness (QED) is 0.0893. The second-order valence-corrected chi connectivity index (χ2v) is 15.1. The third kappa shape index (κ3) is 19.2. The van der Waals surface area contributed by atoms with E-state index in [2.05, 4.69) is 20.8 Å². The number of unbranched alkanes of at least 4 members (excludes halogenated alkanes) is 17. The first-order valence-electron chi connectivity index (χ1n) is 15.3. The summed E-state index contributed by atoms with van der Waals surface area (Å²) < 4.78 is 0. The molecule has 0 aliphatic carbocycles. The van der Waals surface area contributed by atoms with E-state index in [1.807, 2.05) is 0 Å². The van der Waals surface area contributed by atoms with Gasteiger partial charge in [0.1, 0.15) is 0 Å². The van der Waals surface area contributed by atoms with E-state index >= 15 is 0 Å². The summed E-state index contributed by atoms with van der Waals surface area (Å²) in [5, 5.41) is 20.7. The summed E-state index contributed by atoms with van der Waals surface area (Å²) in [7, 11) is -1.31. The summed E-state index contributed by atoms with van der Waals surface area (Å²) in [6.07, 6.45) is 32.6. The highest BCUT2D eigenvalue weighted by molar-refractivity contribution is 7.76. The minimum absolute atomic E-state index is 0.0434. The molecule has 33 heavy (non-hydrogen) atoms. The Hall–Kier alpha value is 0.350. The normalized spacial score (nSPS) is 13.0. The van der Waals surface area contributed by atoms with E-state index in [1.54, 1.807) is 0 Å². The van der Waals surface area contributed by atoms with Gasteiger partial charge >= 0.3 is 0 Å². The maximum Gasteiger partial charge on any atom is 0.164 e. The molecule has 0 aliphatic heterocycles. The lowest BCUT2D eigenvalue weighted by Gasteiger charge is -2.33. The Balaban J connectivity index is 4.95. The second kappa shape index (κ2) is 25.4. The summed E-state index contributed by atoms with van der Waals surface area (Å²) >= 11 is 0. The molecule has 0 radical (unpaired) electrons. The van der Waals surface area contributed by atoms with Crippen molar-refractivity contribution in [2.24, 2.45) is 0 Å². The van der Waals surface area contributed by atoms with E-state index in [1.165, 1.54) is 134 Å². The Bertz CT molecular complexity index is 334. The number of aliphatic hydroxyl groups excluding tert-OH is 2. The van der Waals surface area contributed by atoms with Gasteiger partial charge in [0, 0.05) is 20.3 Å². The van der Waals surface area contributed by atoms with Gasteiger partial charge in [0.2, 0.25) is 0 Å². The fraction of sp³-hybridized carbons (Fsp3) is 1.00. The van der Waals surface area contributed by atoms with E-state index < -0.39 is 7.26 Å². The smallest absolute Gasteiger partial charge is 0.164 e. The van der Waals surface area contributed by atoms with Gasteiger partial charge in [-0.1, -0.05) is 104 Å². The minimum Gasteiger partial charge on any atom is -0.396 e. The van der Waals surface area contributed by atoms with Crippen LogP contribution in [0.5, 0.6) is 0 Å². The molecule has 0 bridgehead atoms. The van der Waals surface area contributed by atoms with E-state index in [4.69, 9.17) is 5.11 Å². The van der Waals surface area contributed by atoms with Gasteiger partial charge in [0.05, 0.1) is 18.5 Å². The zero-order valence-electron chi connectivity index (χ0n) is 23.3. The van der Waals surface area contributed by atoms with Crippen LogP contribution in [0, 0.1) is 0 Å². The Morgan fingerprint density at radius 1 is 0.455 bits per heavy atom. The van der Waals surface area contributed by atoms with E-state index in [-0.39, 0.29) is 5.85 Å². The fourth-order valence-electron chi connectivity index (χ4n) is 5.29. The molecule has 2 N–H and O–H groups in total. The summed E-state index contributed by atoms with van der Waals surface area (Å²) in [5.41, 5.74) is 0. The lowest BCUT2D eigenvalue weighted by atomic mass is 10.1. The molecule has 0 aromatic carbocycles. The average Bonchev–Trinajstić information content (AvgIpc) is 2.82. The van der Waals surface area contributed by atoms with Crippen LogP contribution in [-0.2, 0) is 0 Å². The first-order chi connectivity index (χ1) is 16.2. The average molecular weight is 488 g/mol. The van der Waals surface area contributed by atoms with Crippen LogP contribution in [0.25, 0.3) is 0 Å². The molecule has 0 heterocycles. The van der Waals surface area contributed by atoms with Crippen LogP contribution in [0.2, 0.25) is 0 Å². The molecule has 0 aromatic heterocycles. The van der Waals surface area contributed by atoms with Crippen LogP contribution >= 0.6 is 7.26 Å². The maximum atomic E-state index is 11.6. The Labute approximate surface area is 210 Å². The van der Waals surface area contributed by atoms with Crippen molar-refractivity contribution in [3.63, 3.8) is 0 Å². The predicted octanol–water partition coefficient (Wildman–Crippen LogP) is 9.96. The van der Waals surface area contributed by atoms with Crippen molar-refractivity contribution >= 4 is 7.26 Å². The van der Waals surface area contributed by atoms with Crippen molar-refractivity contribution in [2.75, 3.05) is 25.1 Å². The Morgan fingerprint density at radius 2 is 0.788 bits per heavy atom. The second-order valence-electron chi connectivity index (χ2n) is 10.7. The van der Waals surface area contributed by atoms with Gasteiger partial charge in [-0.15, -0.1) is 0 Å². The lowest BCUT2D eigenvalue weighted by molar-refractivity contribution is 0.231. The zero-order valence-corrected chi connectivity index (χ0v) is 24.2. The van der Waals surface area contributed by atoms with Crippen molar-refractivity contribution in [1.29, 1.82) is 0 Å². The van der Waals surface area contributed by atoms with Crippen LogP contribution in [-0.4, -0.2) is 41.2 Å². The number of hydrogen-bond donors (Lipinski definition) is 2. The molecular weight excluding hydrogens is 423 g/mol. The van der Waals surface area contributed by atoms with Gasteiger partial charge in [0.25, 0.3) is 0 Å². The Morgan fingerprint density at radius 3 is 1.15 bits per heavy atom. The van der Waals surface area contributed by atoms with Crippen LogP contribution in [0.15, 0.2) is 0 Å². The standard InChI is InChI=1S/C30H64O2P/c1-4-7-10-13-16-22-27-33(28-23-17-14-11-8-5-2,29-24-18-15-12-9-6-3)30(32)25-20-19-21-26-31/h30-32H,4-29H2,1-3H3/q+1. The molecule has 0 fully saturated rings. The molecule has 0 spiro atoms. The van der Waals surface area contributed by atoms with Gasteiger partial charge in [-0.2, -0.15) is 0 Å². The predicted molar refractivity (Wildman–Crippen MR) is 153 cm³/mol. The van der Waals surface area contributed by atoms with Gasteiger partial charge in [-0.3, -0.25) is 0 Å². The lowest BCUT2D eigenvalue weighted by Crippen LogP contribution is -2.22. The van der Waals surface area contributed by atoms with Crippen molar-refractivity contribution in [1.82, 2.24) is 0 Å².